The minimum Gasteiger partial charge on any atom is -0.396 e. The number of carbonyl (C=O) groups is 1. The smallest absolute Gasteiger partial charge is 0.315 e. The molecule has 1 saturated carbocycles. The number of carbonyl (C=O) groups excluding carboxylic acids is 1. The number of rotatable bonds is 5. The van der Waals surface area contributed by atoms with Crippen molar-refractivity contribution in [2.45, 2.75) is 57.5 Å². The summed E-state index contributed by atoms with van der Waals surface area (Å²) in [7, 11) is 0. The van der Waals surface area contributed by atoms with Gasteiger partial charge in [-0.05, 0) is 32.6 Å². The largest absolute Gasteiger partial charge is 0.396 e. The van der Waals surface area contributed by atoms with Crippen molar-refractivity contribution in [1.82, 2.24) is 10.6 Å². The SMILES string of the molecule is CC(CCCO)NC(=O)NC1CCCC1. The molecule has 1 rings (SSSR count). The third-order valence-electron chi connectivity index (χ3n) is 2.86. The van der Waals surface area contributed by atoms with Gasteiger partial charge in [0.1, 0.15) is 0 Å². The van der Waals surface area contributed by atoms with Gasteiger partial charge in [-0.3, -0.25) is 0 Å². The van der Waals surface area contributed by atoms with Gasteiger partial charge in [0.2, 0.25) is 0 Å². The zero-order valence-electron chi connectivity index (χ0n) is 9.46. The van der Waals surface area contributed by atoms with E-state index < -0.39 is 0 Å². The van der Waals surface area contributed by atoms with Gasteiger partial charge in [0.25, 0.3) is 0 Å². The van der Waals surface area contributed by atoms with Crippen LogP contribution in [0.15, 0.2) is 0 Å². The Labute approximate surface area is 91.4 Å². The molecule has 0 heterocycles. The first kappa shape index (κ1) is 12.3. The molecule has 1 unspecified atom stereocenters. The summed E-state index contributed by atoms with van der Waals surface area (Å²) in [5, 5.41) is 14.5. The Bertz CT molecular complexity index is 191. The summed E-state index contributed by atoms with van der Waals surface area (Å²) >= 11 is 0. The number of aliphatic hydroxyl groups is 1. The first-order valence-corrected chi connectivity index (χ1v) is 5.90. The Morgan fingerprint density at radius 1 is 1.47 bits per heavy atom. The lowest BCUT2D eigenvalue weighted by Crippen LogP contribution is -2.44. The lowest BCUT2D eigenvalue weighted by Gasteiger charge is -2.17. The van der Waals surface area contributed by atoms with E-state index >= 15 is 0 Å². The van der Waals surface area contributed by atoms with Crippen LogP contribution < -0.4 is 10.6 Å². The summed E-state index contributed by atoms with van der Waals surface area (Å²) in [5.74, 6) is 0. The predicted molar refractivity (Wildman–Crippen MR) is 59.7 cm³/mol. The van der Waals surface area contributed by atoms with E-state index in [1.54, 1.807) is 0 Å². The molecular formula is C11H22N2O2. The highest BCUT2D eigenvalue weighted by Crippen LogP contribution is 2.17. The number of nitrogens with one attached hydrogen (secondary N) is 2. The second-order valence-corrected chi connectivity index (χ2v) is 4.37. The molecule has 0 bridgehead atoms. The average molecular weight is 214 g/mol. The Balaban J connectivity index is 2.11. The van der Waals surface area contributed by atoms with Crippen molar-refractivity contribution in [1.29, 1.82) is 0 Å². The van der Waals surface area contributed by atoms with Gasteiger partial charge in [0.05, 0.1) is 0 Å². The maximum absolute atomic E-state index is 11.5. The Morgan fingerprint density at radius 2 is 2.13 bits per heavy atom. The molecule has 1 fully saturated rings. The van der Waals surface area contributed by atoms with Crippen LogP contribution in [-0.2, 0) is 0 Å². The standard InChI is InChI=1S/C11H22N2O2/c1-9(5-4-8-14)12-11(15)13-10-6-2-3-7-10/h9-10,14H,2-8H2,1H3,(H2,12,13,15). The van der Waals surface area contributed by atoms with Crippen LogP contribution in [0.3, 0.4) is 0 Å². The summed E-state index contributed by atoms with van der Waals surface area (Å²) in [4.78, 5) is 11.5. The molecule has 0 saturated heterocycles. The van der Waals surface area contributed by atoms with Crippen LogP contribution in [0.4, 0.5) is 4.79 Å². The van der Waals surface area contributed by atoms with Gasteiger partial charge in [-0.15, -0.1) is 0 Å². The van der Waals surface area contributed by atoms with Crippen molar-refractivity contribution in [3.05, 3.63) is 0 Å². The van der Waals surface area contributed by atoms with Gasteiger partial charge in [-0.25, -0.2) is 4.79 Å². The molecule has 15 heavy (non-hydrogen) atoms. The Morgan fingerprint density at radius 3 is 2.73 bits per heavy atom. The van der Waals surface area contributed by atoms with Crippen LogP contribution in [0.25, 0.3) is 0 Å². The van der Waals surface area contributed by atoms with E-state index in [0.29, 0.717) is 6.04 Å². The van der Waals surface area contributed by atoms with Gasteiger partial charge in [0.15, 0.2) is 0 Å². The number of amides is 2. The summed E-state index contributed by atoms with van der Waals surface area (Å²) in [5.41, 5.74) is 0. The van der Waals surface area contributed by atoms with Crippen LogP contribution in [0.1, 0.15) is 45.4 Å². The Hall–Kier alpha value is -0.770. The molecule has 88 valence electrons. The normalized spacial score (nSPS) is 18.8. The molecular weight excluding hydrogens is 192 g/mol. The predicted octanol–water partition coefficient (Wildman–Crippen LogP) is 1.39. The minimum atomic E-state index is -0.0626. The molecule has 0 spiro atoms. The second-order valence-electron chi connectivity index (χ2n) is 4.37. The molecule has 3 N–H and O–H groups in total. The quantitative estimate of drug-likeness (QED) is 0.647. The van der Waals surface area contributed by atoms with E-state index in [9.17, 15) is 4.79 Å². The van der Waals surface area contributed by atoms with Crippen LogP contribution in [0, 0.1) is 0 Å². The molecule has 0 aromatic carbocycles. The van der Waals surface area contributed by atoms with E-state index in [2.05, 4.69) is 10.6 Å². The van der Waals surface area contributed by atoms with Crippen LogP contribution in [0.5, 0.6) is 0 Å². The third-order valence-corrected chi connectivity index (χ3v) is 2.86. The fraction of sp³-hybridized carbons (Fsp3) is 0.909. The lowest BCUT2D eigenvalue weighted by atomic mass is 10.2. The number of hydrogen-bond acceptors (Lipinski definition) is 2. The maximum atomic E-state index is 11.5. The monoisotopic (exact) mass is 214 g/mol. The summed E-state index contributed by atoms with van der Waals surface area (Å²) in [6, 6.07) is 0.445. The maximum Gasteiger partial charge on any atom is 0.315 e. The van der Waals surface area contributed by atoms with Gasteiger partial charge in [0, 0.05) is 18.7 Å². The van der Waals surface area contributed by atoms with Crippen molar-refractivity contribution in [2.75, 3.05) is 6.61 Å². The van der Waals surface area contributed by atoms with Crippen LogP contribution >= 0.6 is 0 Å². The second kappa shape index (κ2) is 6.67. The molecule has 0 radical (unpaired) electrons. The first-order chi connectivity index (χ1) is 7.22. The molecule has 4 nitrogen and oxygen atoms in total. The van der Waals surface area contributed by atoms with Gasteiger partial charge in [-0.2, -0.15) is 0 Å². The number of urea groups is 1. The van der Waals surface area contributed by atoms with Gasteiger partial charge in [-0.1, -0.05) is 12.8 Å². The van der Waals surface area contributed by atoms with E-state index in [4.69, 9.17) is 5.11 Å². The molecule has 0 aromatic heterocycles. The molecule has 0 aromatic rings. The zero-order valence-corrected chi connectivity index (χ0v) is 9.46. The van der Waals surface area contributed by atoms with E-state index in [1.165, 1.54) is 12.8 Å². The molecule has 1 atom stereocenters. The van der Waals surface area contributed by atoms with Crippen molar-refractivity contribution >= 4 is 6.03 Å². The fourth-order valence-corrected chi connectivity index (χ4v) is 1.99. The van der Waals surface area contributed by atoms with E-state index in [1.807, 2.05) is 6.92 Å². The third kappa shape index (κ3) is 5.02. The first-order valence-electron chi connectivity index (χ1n) is 5.90. The molecule has 1 aliphatic carbocycles. The molecule has 0 aliphatic heterocycles. The van der Waals surface area contributed by atoms with Crippen LogP contribution in [0.2, 0.25) is 0 Å². The number of aliphatic hydroxyl groups excluding tert-OH is 1. The van der Waals surface area contributed by atoms with Crippen molar-refractivity contribution in [3.63, 3.8) is 0 Å². The lowest BCUT2D eigenvalue weighted by molar-refractivity contribution is 0.230. The van der Waals surface area contributed by atoms with E-state index in [-0.39, 0.29) is 18.7 Å². The molecule has 2 amide bonds. The molecule has 4 heteroatoms. The van der Waals surface area contributed by atoms with Crippen molar-refractivity contribution in [2.24, 2.45) is 0 Å². The van der Waals surface area contributed by atoms with Gasteiger partial charge < -0.3 is 15.7 Å². The Kier molecular flexibility index (Phi) is 5.47. The summed E-state index contributed by atoms with van der Waals surface area (Å²) < 4.78 is 0. The van der Waals surface area contributed by atoms with Crippen LogP contribution in [-0.4, -0.2) is 29.8 Å². The average Bonchev–Trinajstić information content (AvgIpc) is 2.67. The molecule has 1 aliphatic rings. The van der Waals surface area contributed by atoms with Crippen molar-refractivity contribution in [3.8, 4) is 0 Å². The van der Waals surface area contributed by atoms with Gasteiger partial charge >= 0.3 is 6.03 Å². The summed E-state index contributed by atoms with van der Waals surface area (Å²) in [6.45, 7) is 2.15. The fourth-order valence-electron chi connectivity index (χ4n) is 1.99. The van der Waals surface area contributed by atoms with Crippen molar-refractivity contribution < 1.29 is 9.90 Å². The highest BCUT2D eigenvalue weighted by molar-refractivity contribution is 5.74. The minimum absolute atomic E-state index is 0.0626. The highest BCUT2D eigenvalue weighted by atomic mass is 16.3. The zero-order chi connectivity index (χ0) is 11.1. The van der Waals surface area contributed by atoms with E-state index in [0.717, 1.165) is 25.7 Å². The highest BCUT2D eigenvalue weighted by Gasteiger charge is 2.17. The summed E-state index contributed by atoms with van der Waals surface area (Å²) in [6.07, 6.45) is 6.24. The number of hydrogen-bond donors (Lipinski definition) is 3. The topological polar surface area (TPSA) is 61.4 Å².